The van der Waals surface area contributed by atoms with Gasteiger partial charge in [0.25, 0.3) is 0 Å². The van der Waals surface area contributed by atoms with Gasteiger partial charge in [-0.2, -0.15) is 0 Å². The number of rotatable bonds is 14. The molecule has 0 unspecified atom stereocenters. The van der Waals surface area contributed by atoms with E-state index >= 15 is 0 Å². The van der Waals surface area contributed by atoms with E-state index in [0.717, 1.165) is 12.1 Å². The average Bonchev–Trinajstić information content (AvgIpc) is 2.57. The van der Waals surface area contributed by atoms with Crippen LogP contribution >= 0.6 is 0 Å². The number of amides is 1. The van der Waals surface area contributed by atoms with E-state index in [-0.39, 0.29) is 12.5 Å². The Kier molecular flexibility index (Phi) is 12.2. The maximum Gasteiger partial charge on any atom is 0.250 e. The first-order valence-electron chi connectivity index (χ1n) is 9.25. The van der Waals surface area contributed by atoms with Crippen LogP contribution in [0.1, 0.15) is 71.1 Å². The van der Waals surface area contributed by atoms with Crippen molar-refractivity contribution in [3.05, 3.63) is 30.3 Å². The lowest BCUT2D eigenvalue weighted by atomic mass is 10.1. The van der Waals surface area contributed by atoms with Crippen molar-refractivity contribution in [2.45, 2.75) is 71.1 Å². The van der Waals surface area contributed by atoms with Gasteiger partial charge in [0.1, 0.15) is 6.61 Å². The SMILES string of the molecule is CCCCCCCCCCCCOCC(=O)Nc1ccccc1. The third kappa shape index (κ3) is 11.8. The van der Waals surface area contributed by atoms with Crippen LogP contribution in [0.25, 0.3) is 0 Å². The van der Waals surface area contributed by atoms with Gasteiger partial charge in [-0.05, 0) is 18.6 Å². The Balaban J connectivity index is 1.83. The molecule has 0 radical (unpaired) electrons. The van der Waals surface area contributed by atoms with Gasteiger partial charge in [0.05, 0.1) is 0 Å². The van der Waals surface area contributed by atoms with Gasteiger partial charge in [-0.25, -0.2) is 0 Å². The normalized spacial score (nSPS) is 10.7. The summed E-state index contributed by atoms with van der Waals surface area (Å²) in [5, 5.41) is 2.82. The van der Waals surface area contributed by atoms with E-state index in [2.05, 4.69) is 12.2 Å². The van der Waals surface area contributed by atoms with Gasteiger partial charge in [-0.15, -0.1) is 0 Å². The molecule has 0 heterocycles. The van der Waals surface area contributed by atoms with Crippen molar-refractivity contribution < 1.29 is 9.53 Å². The minimum atomic E-state index is -0.0803. The van der Waals surface area contributed by atoms with Crippen molar-refractivity contribution in [3.8, 4) is 0 Å². The first-order chi connectivity index (χ1) is 11.3. The molecular weight excluding hydrogens is 286 g/mol. The van der Waals surface area contributed by atoms with E-state index in [4.69, 9.17) is 4.74 Å². The summed E-state index contributed by atoms with van der Waals surface area (Å²) in [5.41, 5.74) is 0.819. The number of hydrogen-bond acceptors (Lipinski definition) is 2. The van der Waals surface area contributed by atoms with Gasteiger partial charge in [0, 0.05) is 12.3 Å². The highest BCUT2D eigenvalue weighted by molar-refractivity contribution is 5.91. The lowest BCUT2D eigenvalue weighted by Crippen LogP contribution is -2.18. The lowest BCUT2D eigenvalue weighted by molar-refractivity contribution is -0.120. The smallest absolute Gasteiger partial charge is 0.250 e. The third-order valence-corrected chi connectivity index (χ3v) is 3.93. The predicted octanol–water partition coefficient (Wildman–Crippen LogP) is 5.56. The molecule has 0 aliphatic carbocycles. The molecule has 130 valence electrons. The first kappa shape index (κ1) is 19.7. The van der Waals surface area contributed by atoms with E-state index in [1.165, 1.54) is 57.8 Å². The van der Waals surface area contributed by atoms with Crippen LogP contribution in [0.3, 0.4) is 0 Å². The molecule has 0 aromatic heterocycles. The average molecular weight is 319 g/mol. The molecule has 1 N–H and O–H groups in total. The fraction of sp³-hybridized carbons (Fsp3) is 0.650. The molecule has 0 saturated carbocycles. The van der Waals surface area contributed by atoms with Crippen LogP contribution in [0, 0.1) is 0 Å². The maximum absolute atomic E-state index is 11.7. The summed E-state index contributed by atoms with van der Waals surface area (Å²) < 4.78 is 5.43. The fourth-order valence-electron chi connectivity index (χ4n) is 2.57. The largest absolute Gasteiger partial charge is 0.372 e. The van der Waals surface area contributed by atoms with Gasteiger partial charge in [0.15, 0.2) is 0 Å². The highest BCUT2D eigenvalue weighted by Crippen LogP contribution is 2.10. The number of para-hydroxylation sites is 1. The monoisotopic (exact) mass is 319 g/mol. The number of anilines is 1. The highest BCUT2D eigenvalue weighted by Gasteiger charge is 2.01. The van der Waals surface area contributed by atoms with Gasteiger partial charge in [-0.3, -0.25) is 4.79 Å². The molecule has 0 fully saturated rings. The molecule has 0 bridgehead atoms. The topological polar surface area (TPSA) is 38.3 Å². The molecule has 0 saturated heterocycles. The van der Waals surface area contributed by atoms with E-state index in [1.807, 2.05) is 30.3 Å². The molecule has 1 rings (SSSR count). The first-order valence-corrected chi connectivity index (χ1v) is 9.25. The zero-order valence-corrected chi connectivity index (χ0v) is 14.7. The van der Waals surface area contributed by atoms with E-state index in [0.29, 0.717) is 6.61 Å². The molecule has 0 aliphatic heterocycles. The predicted molar refractivity (Wildman–Crippen MR) is 97.7 cm³/mol. The van der Waals surface area contributed by atoms with E-state index in [9.17, 15) is 4.79 Å². The molecular formula is C20H33NO2. The number of hydrogen-bond donors (Lipinski definition) is 1. The summed E-state index contributed by atoms with van der Waals surface area (Å²) in [7, 11) is 0. The standard InChI is InChI=1S/C20H33NO2/c1-2-3-4-5-6-7-8-9-10-14-17-23-18-20(22)21-19-15-12-11-13-16-19/h11-13,15-16H,2-10,14,17-18H2,1H3,(H,21,22). The molecule has 0 atom stereocenters. The molecule has 3 nitrogen and oxygen atoms in total. The second-order valence-corrected chi connectivity index (χ2v) is 6.15. The molecule has 1 aromatic rings. The summed E-state index contributed by atoms with van der Waals surface area (Å²) in [5.74, 6) is -0.0803. The Labute approximate surface area is 141 Å². The number of carbonyl (C=O) groups is 1. The molecule has 1 aromatic carbocycles. The second-order valence-electron chi connectivity index (χ2n) is 6.15. The summed E-state index contributed by atoms with van der Waals surface area (Å²) in [6.07, 6.45) is 13.1. The van der Waals surface area contributed by atoms with Crippen LogP contribution in [0.4, 0.5) is 5.69 Å². The molecule has 3 heteroatoms. The van der Waals surface area contributed by atoms with Crippen LogP contribution in [0.15, 0.2) is 30.3 Å². The molecule has 0 aliphatic rings. The second kappa shape index (κ2) is 14.3. The third-order valence-electron chi connectivity index (χ3n) is 3.93. The number of carbonyl (C=O) groups excluding carboxylic acids is 1. The van der Waals surface area contributed by atoms with Crippen LogP contribution in [-0.4, -0.2) is 19.1 Å². The van der Waals surface area contributed by atoms with E-state index in [1.54, 1.807) is 0 Å². The van der Waals surface area contributed by atoms with Crippen molar-refractivity contribution >= 4 is 11.6 Å². The fourth-order valence-corrected chi connectivity index (χ4v) is 2.57. The maximum atomic E-state index is 11.7. The Morgan fingerprint density at radius 1 is 0.870 bits per heavy atom. The van der Waals surface area contributed by atoms with Crippen molar-refractivity contribution in [3.63, 3.8) is 0 Å². The minimum absolute atomic E-state index is 0.0803. The summed E-state index contributed by atoms with van der Waals surface area (Å²) in [4.78, 5) is 11.7. The van der Waals surface area contributed by atoms with Crippen molar-refractivity contribution in [2.75, 3.05) is 18.5 Å². The Hall–Kier alpha value is -1.35. The van der Waals surface area contributed by atoms with Crippen LogP contribution in [-0.2, 0) is 9.53 Å². The zero-order chi connectivity index (χ0) is 16.6. The number of nitrogens with one attached hydrogen (secondary N) is 1. The zero-order valence-electron chi connectivity index (χ0n) is 14.7. The summed E-state index contributed by atoms with van der Waals surface area (Å²) in [6, 6.07) is 9.48. The quantitative estimate of drug-likeness (QED) is 0.456. The Bertz CT molecular complexity index is 392. The summed E-state index contributed by atoms with van der Waals surface area (Å²) in [6.45, 7) is 3.08. The van der Waals surface area contributed by atoms with E-state index < -0.39 is 0 Å². The highest BCUT2D eigenvalue weighted by atomic mass is 16.5. The van der Waals surface area contributed by atoms with Crippen molar-refractivity contribution in [1.29, 1.82) is 0 Å². The Morgan fingerprint density at radius 3 is 2.04 bits per heavy atom. The van der Waals surface area contributed by atoms with Crippen molar-refractivity contribution in [1.82, 2.24) is 0 Å². The number of benzene rings is 1. The van der Waals surface area contributed by atoms with Crippen molar-refractivity contribution in [2.24, 2.45) is 0 Å². The van der Waals surface area contributed by atoms with Crippen LogP contribution in [0.5, 0.6) is 0 Å². The summed E-state index contributed by atoms with van der Waals surface area (Å²) >= 11 is 0. The Morgan fingerprint density at radius 2 is 1.43 bits per heavy atom. The molecule has 0 spiro atoms. The van der Waals surface area contributed by atoms with Gasteiger partial charge >= 0.3 is 0 Å². The van der Waals surface area contributed by atoms with Crippen LogP contribution in [0.2, 0.25) is 0 Å². The molecule has 1 amide bonds. The number of ether oxygens (including phenoxy) is 1. The van der Waals surface area contributed by atoms with Crippen LogP contribution < -0.4 is 5.32 Å². The number of unbranched alkanes of at least 4 members (excludes halogenated alkanes) is 9. The lowest BCUT2D eigenvalue weighted by Gasteiger charge is -2.06. The van der Waals surface area contributed by atoms with Gasteiger partial charge in [0.2, 0.25) is 5.91 Å². The molecule has 23 heavy (non-hydrogen) atoms. The minimum Gasteiger partial charge on any atom is -0.372 e. The van der Waals surface area contributed by atoms with Gasteiger partial charge < -0.3 is 10.1 Å². The van der Waals surface area contributed by atoms with Gasteiger partial charge in [-0.1, -0.05) is 82.9 Å².